The minimum Gasteiger partial charge on any atom is -0.272 e. The number of hydrogen-bond donors (Lipinski definition) is 0. The first kappa shape index (κ1) is 9.24. The molecule has 1 amide bonds. The minimum absolute atomic E-state index is 0.00702. The van der Waals surface area contributed by atoms with Gasteiger partial charge in [-0.3, -0.25) is 4.79 Å². The molecule has 15 heavy (non-hydrogen) atoms. The van der Waals surface area contributed by atoms with Gasteiger partial charge in [-0.2, -0.15) is 5.01 Å². The fourth-order valence-corrected chi connectivity index (χ4v) is 3.15. The van der Waals surface area contributed by atoms with Gasteiger partial charge in [-0.25, -0.2) is 5.01 Å². The van der Waals surface area contributed by atoms with Gasteiger partial charge >= 0.3 is 0 Å². The fraction of sp³-hybridized carbons (Fsp3) is 0.364. The van der Waals surface area contributed by atoms with Crippen molar-refractivity contribution < 1.29 is 4.79 Å². The summed E-state index contributed by atoms with van der Waals surface area (Å²) in [6.07, 6.45) is 0. The van der Waals surface area contributed by atoms with Crippen LogP contribution in [0, 0.1) is 0 Å². The van der Waals surface area contributed by atoms with E-state index in [4.69, 9.17) is 0 Å². The summed E-state index contributed by atoms with van der Waals surface area (Å²) in [5.74, 6) is 0.205. The van der Waals surface area contributed by atoms with Crippen LogP contribution in [0.25, 0.3) is 0 Å². The summed E-state index contributed by atoms with van der Waals surface area (Å²) in [7, 11) is 1.98. The second kappa shape index (κ2) is 2.77. The van der Waals surface area contributed by atoms with Crippen LogP contribution in [0.5, 0.6) is 0 Å². The Morgan fingerprint density at radius 2 is 2.00 bits per heavy atom. The number of hydrogen-bond acceptors (Lipinski definition) is 3. The van der Waals surface area contributed by atoms with Crippen molar-refractivity contribution in [2.75, 3.05) is 12.1 Å². The van der Waals surface area contributed by atoms with Crippen LogP contribution in [0.4, 0.5) is 5.69 Å². The number of anilines is 1. The molecule has 2 saturated heterocycles. The van der Waals surface area contributed by atoms with Gasteiger partial charge in [0.1, 0.15) is 10.1 Å². The molecule has 2 heterocycles. The second-order valence-electron chi connectivity index (χ2n) is 4.06. The Hall–Kier alpha value is -1.000. The molecule has 0 bridgehead atoms. The van der Waals surface area contributed by atoms with E-state index >= 15 is 0 Å². The average Bonchev–Trinajstić information content (AvgIpc) is 2.89. The lowest BCUT2D eigenvalue weighted by Gasteiger charge is -2.29. The largest absolute Gasteiger partial charge is 0.272 e. The molecule has 2 fully saturated rings. The molecular weight excluding hydrogens is 208 g/mol. The molecule has 0 N–H and O–H groups in total. The van der Waals surface area contributed by atoms with Crippen LogP contribution < -0.4 is 5.01 Å². The highest BCUT2D eigenvalue weighted by atomic mass is 32.2. The van der Waals surface area contributed by atoms with Crippen LogP contribution in [0.2, 0.25) is 0 Å². The third kappa shape index (κ3) is 1.09. The van der Waals surface area contributed by atoms with E-state index < -0.39 is 0 Å². The normalized spacial score (nSPS) is 34.4. The van der Waals surface area contributed by atoms with Gasteiger partial charge in [-0.15, -0.1) is 11.8 Å². The zero-order chi connectivity index (χ0) is 10.6. The second-order valence-corrected chi connectivity index (χ2v) is 5.60. The Bertz CT molecular complexity index is 422. The number of hydrazine groups is 1. The molecule has 3 nitrogen and oxygen atoms in total. The van der Waals surface area contributed by atoms with Gasteiger partial charge in [0.05, 0.1) is 5.69 Å². The average molecular weight is 220 g/mol. The summed E-state index contributed by atoms with van der Waals surface area (Å²) in [5, 5.41) is 3.95. The summed E-state index contributed by atoms with van der Waals surface area (Å²) in [4.78, 5) is 12.0. The highest BCUT2D eigenvalue weighted by molar-refractivity contribution is 8.09. The first-order chi connectivity index (χ1) is 7.14. The summed E-state index contributed by atoms with van der Waals surface area (Å²) >= 11 is 1.73. The van der Waals surface area contributed by atoms with Crippen molar-refractivity contribution >= 4 is 23.4 Å². The molecule has 0 spiro atoms. The van der Waals surface area contributed by atoms with Gasteiger partial charge in [0.15, 0.2) is 0 Å². The quantitative estimate of drug-likeness (QED) is 0.673. The summed E-state index contributed by atoms with van der Waals surface area (Å²) in [6.45, 7) is 2.11. The number of carbonyl (C=O) groups is 1. The van der Waals surface area contributed by atoms with Crippen LogP contribution >= 0.6 is 11.8 Å². The zero-order valence-electron chi connectivity index (χ0n) is 8.68. The van der Waals surface area contributed by atoms with Crippen molar-refractivity contribution in [3.05, 3.63) is 30.3 Å². The van der Waals surface area contributed by atoms with Crippen LogP contribution in [-0.4, -0.2) is 28.1 Å². The topological polar surface area (TPSA) is 23.6 Å². The van der Waals surface area contributed by atoms with Gasteiger partial charge in [0.25, 0.3) is 5.91 Å². The SMILES string of the molecule is CN1N(c2ccccc2)C(=O)C2SC21C. The van der Waals surface area contributed by atoms with Crippen molar-refractivity contribution in [2.24, 2.45) is 0 Å². The third-order valence-electron chi connectivity index (χ3n) is 3.16. The highest BCUT2D eigenvalue weighted by Gasteiger charge is 2.68. The van der Waals surface area contributed by atoms with Gasteiger partial charge in [0.2, 0.25) is 0 Å². The van der Waals surface area contributed by atoms with Crippen molar-refractivity contribution in [2.45, 2.75) is 17.0 Å². The molecule has 1 aromatic carbocycles. The molecule has 3 rings (SSSR count). The molecule has 2 aliphatic heterocycles. The van der Waals surface area contributed by atoms with E-state index in [1.807, 2.05) is 42.4 Å². The number of rotatable bonds is 1. The fourth-order valence-electron chi connectivity index (χ4n) is 2.06. The lowest BCUT2D eigenvalue weighted by Crippen LogP contribution is -2.42. The van der Waals surface area contributed by atoms with E-state index in [0.717, 1.165) is 5.69 Å². The van der Waals surface area contributed by atoms with E-state index in [1.54, 1.807) is 16.8 Å². The maximum atomic E-state index is 12.0. The van der Waals surface area contributed by atoms with Gasteiger partial charge in [0, 0.05) is 7.05 Å². The van der Waals surface area contributed by atoms with Crippen molar-refractivity contribution in [3.8, 4) is 0 Å². The number of benzene rings is 1. The minimum atomic E-state index is -0.00702. The Morgan fingerprint density at radius 1 is 1.33 bits per heavy atom. The van der Waals surface area contributed by atoms with E-state index in [1.165, 1.54) is 0 Å². The Kier molecular flexibility index (Phi) is 1.71. The molecule has 0 saturated carbocycles. The van der Waals surface area contributed by atoms with E-state index in [2.05, 4.69) is 6.92 Å². The maximum absolute atomic E-state index is 12.0. The van der Waals surface area contributed by atoms with E-state index in [0.29, 0.717) is 0 Å². The number of thioether (sulfide) groups is 1. The summed E-state index contributed by atoms with van der Waals surface area (Å²) < 4.78 is 0. The van der Waals surface area contributed by atoms with Crippen molar-refractivity contribution in [1.29, 1.82) is 0 Å². The monoisotopic (exact) mass is 220 g/mol. The summed E-state index contributed by atoms with van der Waals surface area (Å²) in [6, 6.07) is 9.80. The number of nitrogens with zero attached hydrogens (tertiary/aromatic N) is 2. The molecule has 0 radical (unpaired) electrons. The number of para-hydroxylation sites is 1. The van der Waals surface area contributed by atoms with Crippen LogP contribution in [-0.2, 0) is 4.79 Å². The predicted molar refractivity (Wildman–Crippen MR) is 61.5 cm³/mol. The standard InChI is InChI=1S/C11H12N2OS/c1-11-9(15-11)10(14)13(12(11)2)8-6-4-3-5-7-8/h3-7,9H,1-2H3. The van der Waals surface area contributed by atoms with E-state index in [9.17, 15) is 4.79 Å². The molecule has 2 unspecified atom stereocenters. The Morgan fingerprint density at radius 3 is 2.53 bits per heavy atom. The first-order valence-corrected chi connectivity index (χ1v) is 5.83. The van der Waals surface area contributed by atoms with Gasteiger partial charge < -0.3 is 0 Å². The van der Waals surface area contributed by atoms with Gasteiger partial charge in [-0.1, -0.05) is 18.2 Å². The first-order valence-electron chi connectivity index (χ1n) is 4.95. The van der Waals surface area contributed by atoms with Crippen LogP contribution in [0.3, 0.4) is 0 Å². The van der Waals surface area contributed by atoms with Crippen molar-refractivity contribution in [1.82, 2.24) is 5.01 Å². The molecule has 78 valence electrons. The summed E-state index contributed by atoms with van der Waals surface area (Å²) in [5.41, 5.74) is 0.957. The Balaban J connectivity index is 1.99. The number of fused-ring (bicyclic) bond motifs is 1. The molecule has 2 atom stereocenters. The Labute approximate surface area is 93.0 Å². The number of amides is 1. The molecule has 4 heteroatoms. The molecular formula is C11H12N2OS. The molecule has 0 aromatic heterocycles. The van der Waals surface area contributed by atoms with Crippen LogP contribution in [0.1, 0.15) is 6.92 Å². The zero-order valence-corrected chi connectivity index (χ0v) is 9.49. The third-order valence-corrected chi connectivity index (χ3v) is 4.78. The molecule has 2 aliphatic rings. The van der Waals surface area contributed by atoms with E-state index in [-0.39, 0.29) is 16.0 Å². The highest BCUT2D eigenvalue weighted by Crippen LogP contribution is 2.60. The van der Waals surface area contributed by atoms with Crippen LogP contribution in [0.15, 0.2) is 30.3 Å². The maximum Gasteiger partial charge on any atom is 0.257 e. The number of carbonyl (C=O) groups excluding carboxylic acids is 1. The van der Waals surface area contributed by atoms with Crippen molar-refractivity contribution in [3.63, 3.8) is 0 Å². The van der Waals surface area contributed by atoms with Gasteiger partial charge in [-0.05, 0) is 19.1 Å². The smallest absolute Gasteiger partial charge is 0.257 e. The lowest BCUT2D eigenvalue weighted by atomic mass is 10.2. The molecule has 0 aliphatic carbocycles. The lowest BCUT2D eigenvalue weighted by molar-refractivity contribution is -0.117. The molecule has 1 aromatic rings. The predicted octanol–water partition coefficient (Wildman–Crippen LogP) is 1.71.